The van der Waals surface area contributed by atoms with E-state index in [-0.39, 0.29) is 11.3 Å². The van der Waals surface area contributed by atoms with Gasteiger partial charge in [-0.15, -0.1) is 0 Å². The fourth-order valence-electron chi connectivity index (χ4n) is 6.39. The van der Waals surface area contributed by atoms with Crippen LogP contribution in [0, 0.1) is 11.8 Å². The standard InChI is InChI=1S/C24H32N2O/c1-25(2)23(27)20-16-24(21-8-4-3-7-19(20)21)12-14-26(15-13-24)22-9-5-6-17-10-11-18(17)22/h3-4,7-8,16-18,22H,5-6,9-15H2,1-2H3. The Labute approximate surface area is 163 Å². The molecule has 3 aliphatic carbocycles. The molecule has 0 N–H and O–H groups in total. The zero-order valence-electron chi connectivity index (χ0n) is 16.8. The summed E-state index contributed by atoms with van der Waals surface area (Å²) in [5.74, 6) is 2.15. The molecule has 0 aromatic heterocycles. The van der Waals surface area contributed by atoms with Crippen LogP contribution in [-0.2, 0) is 10.2 Å². The normalized spacial score (nSPS) is 31.6. The van der Waals surface area contributed by atoms with Gasteiger partial charge in [0.05, 0.1) is 0 Å². The van der Waals surface area contributed by atoms with E-state index < -0.39 is 0 Å². The molecule has 1 amide bonds. The number of amides is 1. The van der Waals surface area contributed by atoms with Crippen molar-refractivity contribution in [2.24, 2.45) is 11.8 Å². The Bertz CT molecular complexity index is 772. The minimum Gasteiger partial charge on any atom is -0.345 e. The summed E-state index contributed by atoms with van der Waals surface area (Å²) in [5, 5.41) is 0. The maximum absolute atomic E-state index is 12.8. The van der Waals surface area contributed by atoms with E-state index in [4.69, 9.17) is 0 Å². The summed E-state index contributed by atoms with van der Waals surface area (Å²) in [6, 6.07) is 9.45. The number of nitrogens with zero attached hydrogens (tertiary/aromatic N) is 2. The van der Waals surface area contributed by atoms with Gasteiger partial charge in [0.2, 0.25) is 0 Å². The van der Waals surface area contributed by atoms with Crippen LogP contribution in [0.1, 0.15) is 56.1 Å². The lowest BCUT2D eigenvalue weighted by molar-refractivity contribution is -0.122. The Kier molecular flexibility index (Phi) is 4.19. The van der Waals surface area contributed by atoms with Crippen LogP contribution in [0.3, 0.4) is 0 Å². The summed E-state index contributed by atoms with van der Waals surface area (Å²) < 4.78 is 0. The largest absolute Gasteiger partial charge is 0.345 e. The predicted molar refractivity (Wildman–Crippen MR) is 109 cm³/mol. The quantitative estimate of drug-likeness (QED) is 0.789. The molecular weight excluding hydrogens is 332 g/mol. The lowest BCUT2D eigenvalue weighted by Gasteiger charge is -2.52. The molecule has 1 spiro atoms. The number of carbonyl (C=O) groups excluding carboxylic acids is 1. The van der Waals surface area contributed by atoms with Gasteiger partial charge >= 0.3 is 0 Å². The summed E-state index contributed by atoms with van der Waals surface area (Å²) >= 11 is 0. The van der Waals surface area contributed by atoms with E-state index >= 15 is 0 Å². The first-order valence-corrected chi connectivity index (χ1v) is 10.9. The van der Waals surface area contributed by atoms with E-state index in [1.165, 1.54) is 56.3 Å². The lowest BCUT2D eigenvalue weighted by atomic mass is 9.62. The minimum atomic E-state index is 0.0712. The zero-order valence-corrected chi connectivity index (χ0v) is 16.8. The molecule has 3 atom stereocenters. The van der Waals surface area contributed by atoms with Crippen molar-refractivity contribution < 1.29 is 4.79 Å². The molecule has 2 saturated carbocycles. The van der Waals surface area contributed by atoms with Gasteiger partial charge in [-0.1, -0.05) is 43.2 Å². The zero-order chi connectivity index (χ0) is 18.6. The third kappa shape index (κ3) is 2.69. The van der Waals surface area contributed by atoms with Crippen LogP contribution in [0.4, 0.5) is 0 Å². The SMILES string of the molecule is CN(C)C(=O)C1=CC2(CCN(C3CCCC4CCC43)CC2)c2ccccc21. The van der Waals surface area contributed by atoms with Crippen molar-refractivity contribution in [1.29, 1.82) is 0 Å². The van der Waals surface area contributed by atoms with Gasteiger partial charge in [0.25, 0.3) is 5.91 Å². The molecule has 1 aromatic rings. The number of rotatable bonds is 2. The molecule has 1 aromatic carbocycles. The Hall–Kier alpha value is -1.61. The summed E-state index contributed by atoms with van der Waals surface area (Å²) in [5.41, 5.74) is 3.55. The van der Waals surface area contributed by atoms with Gasteiger partial charge < -0.3 is 9.80 Å². The molecule has 3 unspecified atom stereocenters. The van der Waals surface area contributed by atoms with Gasteiger partial charge in [0.15, 0.2) is 0 Å². The van der Waals surface area contributed by atoms with Gasteiger partial charge in [-0.25, -0.2) is 0 Å². The van der Waals surface area contributed by atoms with Crippen LogP contribution in [-0.4, -0.2) is 48.9 Å². The van der Waals surface area contributed by atoms with Crippen molar-refractivity contribution >= 4 is 11.5 Å². The molecule has 144 valence electrons. The number of hydrogen-bond donors (Lipinski definition) is 0. The Morgan fingerprint density at radius 1 is 1.07 bits per heavy atom. The number of likely N-dealkylation sites (tertiary alicyclic amines) is 1. The van der Waals surface area contributed by atoms with Crippen molar-refractivity contribution in [3.05, 3.63) is 41.5 Å². The van der Waals surface area contributed by atoms with Gasteiger partial charge in [-0.05, 0) is 68.2 Å². The van der Waals surface area contributed by atoms with Gasteiger partial charge in [-0.2, -0.15) is 0 Å². The van der Waals surface area contributed by atoms with Crippen molar-refractivity contribution in [3.8, 4) is 0 Å². The highest BCUT2D eigenvalue weighted by Crippen LogP contribution is 2.50. The van der Waals surface area contributed by atoms with Gasteiger partial charge in [0, 0.05) is 31.1 Å². The van der Waals surface area contributed by atoms with Crippen LogP contribution >= 0.6 is 0 Å². The van der Waals surface area contributed by atoms with Crippen molar-refractivity contribution in [3.63, 3.8) is 0 Å². The van der Waals surface area contributed by atoms with E-state index in [1.54, 1.807) is 4.90 Å². The molecule has 27 heavy (non-hydrogen) atoms. The van der Waals surface area contributed by atoms with Crippen LogP contribution in [0.25, 0.3) is 5.57 Å². The summed E-state index contributed by atoms with van der Waals surface area (Å²) in [6.45, 7) is 2.37. The third-order valence-electron chi connectivity index (χ3n) is 8.02. The van der Waals surface area contributed by atoms with Crippen LogP contribution in [0.2, 0.25) is 0 Å². The first-order chi connectivity index (χ1) is 13.1. The predicted octanol–water partition coefficient (Wildman–Crippen LogP) is 4.08. The van der Waals surface area contributed by atoms with E-state index in [0.717, 1.165) is 36.3 Å². The van der Waals surface area contributed by atoms with Crippen molar-refractivity contribution in [1.82, 2.24) is 9.80 Å². The molecule has 3 fully saturated rings. The molecule has 4 aliphatic rings. The first-order valence-electron chi connectivity index (χ1n) is 10.9. The average Bonchev–Trinajstić information content (AvgIpc) is 2.97. The maximum atomic E-state index is 12.8. The van der Waals surface area contributed by atoms with Crippen LogP contribution in [0.15, 0.2) is 30.3 Å². The van der Waals surface area contributed by atoms with Crippen molar-refractivity contribution in [2.75, 3.05) is 27.2 Å². The molecule has 1 saturated heterocycles. The second-order valence-corrected chi connectivity index (χ2v) is 9.49. The van der Waals surface area contributed by atoms with Gasteiger partial charge in [0.1, 0.15) is 0 Å². The molecule has 0 radical (unpaired) electrons. The number of hydrogen-bond acceptors (Lipinski definition) is 2. The number of fused-ring (bicyclic) bond motifs is 3. The topological polar surface area (TPSA) is 23.6 Å². The molecular formula is C24H32N2O. The number of piperidine rings is 1. The number of carbonyl (C=O) groups is 1. The number of benzene rings is 1. The highest BCUT2D eigenvalue weighted by molar-refractivity contribution is 6.21. The molecule has 5 rings (SSSR count). The number of likely N-dealkylation sites (N-methyl/N-ethyl adjacent to an activating group) is 1. The molecule has 3 nitrogen and oxygen atoms in total. The van der Waals surface area contributed by atoms with Crippen molar-refractivity contribution in [2.45, 2.75) is 56.4 Å². The average molecular weight is 365 g/mol. The minimum absolute atomic E-state index is 0.0712. The third-order valence-corrected chi connectivity index (χ3v) is 8.02. The second-order valence-electron chi connectivity index (χ2n) is 9.49. The Morgan fingerprint density at radius 2 is 1.85 bits per heavy atom. The highest BCUT2D eigenvalue weighted by atomic mass is 16.2. The maximum Gasteiger partial charge on any atom is 0.253 e. The van der Waals surface area contributed by atoms with Gasteiger partial charge in [-0.3, -0.25) is 4.79 Å². The summed E-state index contributed by atoms with van der Waals surface area (Å²) in [7, 11) is 3.72. The Balaban J connectivity index is 1.39. The van der Waals surface area contributed by atoms with E-state index in [2.05, 4.69) is 35.2 Å². The molecule has 3 heteroatoms. The monoisotopic (exact) mass is 364 g/mol. The fourth-order valence-corrected chi connectivity index (χ4v) is 6.39. The van der Waals surface area contributed by atoms with Crippen LogP contribution in [0.5, 0.6) is 0 Å². The Morgan fingerprint density at radius 3 is 2.56 bits per heavy atom. The van der Waals surface area contributed by atoms with E-state index in [1.807, 2.05) is 14.1 Å². The van der Waals surface area contributed by atoms with E-state index in [0.29, 0.717) is 0 Å². The molecule has 1 aliphatic heterocycles. The van der Waals surface area contributed by atoms with Crippen LogP contribution < -0.4 is 0 Å². The highest BCUT2D eigenvalue weighted by Gasteiger charge is 2.46. The smallest absolute Gasteiger partial charge is 0.253 e. The van der Waals surface area contributed by atoms with E-state index in [9.17, 15) is 4.79 Å². The molecule has 1 heterocycles. The second kappa shape index (κ2) is 6.48. The number of allylic oxidation sites excluding steroid dienone is 1. The fraction of sp³-hybridized carbons (Fsp3) is 0.625. The molecule has 0 bridgehead atoms. The lowest BCUT2D eigenvalue weighted by Crippen LogP contribution is -2.53. The summed E-state index contributed by atoms with van der Waals surface area (Å²) in [4.78, 5) is 17.3. The first kappa shape index (κ1) is 17.5. The summed E-state index contributed by atoms with van der Waals surface area (Å²) in [6.07, 6.45) is 11.9.